The quantitative estimate of drug-likeness (QED) is 0.512. The van der Waals surface area contributed by atoms with Crippen LogP contribution >= 0.6 is 11.8 Å². The van der Waals surface area contributed by atoms with E-state index in [1.54, 1.807) is 12.1 Å². The molecule has 1 aromatic heterocycles. The van der Waals surface area contributed by atoms with Gasteiger partial charge in [-0.2, -0.15) is 0 Å². The van der Waals surface area contributed by atoms with E-state index >= 15 is 0 Å². The monoisotopic (exact) mass is 372 g/mol. The van der Waals surface area contributed by atoms with Gasteiger partial charge in [0.25, 0.3) is 11.6 Å². The lowest BCUT2D eigenvalue weighted by Gasteiger charge is -2.07. The zero-order valence-corrected chi connectivity index (χ0v) is 14.2. The van der Waals surface area contributed by atoms with Gasteiger partial charge in [-0.1, -0.05) is 11.8 Å². The Balaban J connectivity index is 1.78. The first-order chi connectivity index (χ1) is 12.5. The second-order valence-electron chi connectivity index (χ2n) is 5.26. The Morgan fingerprint density at radius 2 is 1.96 bits per heavy atom. The molecule has 0 aliphatic rings. The third-order valence-corrected chi connectivity index (χ3v) is 4.54. The molecule has 1 amide bonds. The maximum Gasteiger partial charge on any atom is 0.284 e. The number of nitro benzene ring substituents is 1. The number of amides is 1. The van der Waals surface area contributed by atoms with Crippen molar-refractivity contribution in [2.75, 3.05) is 0 Å². The Labute approximate surface area is 152 Å². The molecule has 8 heteroatoms. The SMILES string of the molecule is O=C(NCc1ccco1)c1ccc(Sc2ccc(F)cc2)c([N+](=O)[O-])c1. The predicted octanol–water partition coefficient (Wildman–Crippen LogP) is 4.41. The second kappa shape index (κ2) is 7.83. The van der Waals surface area contributed by atoms with Crippen LogP contribution in [0.25, 0.3) is 0 Å². The summed E-state index contributed by atoms with van der Waals surface area (Å²) in [5.41, 5.74) is -0.0170. The summed E-state index contributed by atoms with van der Waals surface area (Å²) in [5, 5.41) is 14.0. The fourth-order valence-electron chi connectivity index (χ4n) is 2.20. The first-order valence-corrected chi connectivity index (χ1v) is 8.37. The van der Waals surface area contributed by atoms with Gasteiger partial charge in [0.2, 0.25) is 0 Å². The summed E-state index contributed by atoms with van der Waals surface area (Å²) in [5.74, 6) is -0.244. The van der Waals surface area contributed by atoms with Crippen LogP contribution in [0, 0.1) is 15.9 Å². The number of nitrogens with zero attached hydrogens (tertiary/aromatic N) is 1. The van der Waals surface area contributed by atoms with Gasteiger partial charge in [-0.25, -0.2) is 4.39 Å². The van der Waals surface area contributed by atoms with Crippen LogP contribution in [0.1, 0.15) is 16.1 Å². The molecule has 0 unspecified atom stereocenters. The molecule has 2 aromatic carbocycles. The summed E-state index contributed by atoms with van der Waals surface area (Å²) in [4.78, 5) is 24.0. The lowest BCUT2D eigenvalue weighted by Crippen LogP contribution is -2.22. The minimum Gasteiger partial charge on any atom is -0.467 e. The average molecular weight is 372 g/mol. The van der Waals surface area contributed by atoms with Gasteiger partial charge in [0, 0.05) is 16.5 Å². The first-order valence-electron chi connectivity index (χ1n) is 7.55. The number of hydrogen-bond acceptors (Lipinski definition) is 5. The molecule has 1 N–H and O–H groups in total. The molecule has 0 fully saturated rings. The predicted molar refractivity (Wildman–Crippen MR) is 93.5 cm³/mol. The summed E-state index contributed by atoms with van der Waals surface area (Å²) in [6.07, 6.45) is 1.49. The number of nitrogens with one attached hydrogen (secondary N) is 1. The van der Waals surface area contributed by atoms with Gasteiger partial charge < -0.3 is 9.73 Å². The standard InChI is InChI=1S/C18H13FN2O4S/c19-13-4-6-15(7-5-13)26-17-8-3-12(10-16(17)21(23)24)18(22)20-11-14-2-1-9-25-14/h1-10H,11H2,(H,20,22). The average Bonchev–Trinajstić information content (AvgIpc) is 3.15. The molecule has 0 spiro atoms. The highest BCUT2D eigenvalue weighted by molar-refractivity contribution is 7.99. The van der Waals surface area contributed by atoms with E-state index in [0.717, 1.165) is 11.8 Å². The summed E-state index contributed by atoms with van der Waals surface area (Å²) in [6.45, 7) is 0.186. The normalized spacial score (nSPS) is 10.5. The van der Waals surface area contributed by atoms with Crippen molar-refractivity contribution in [2.24, 2.45) is 0 Å². The summed E-state index contributed by atoms with van der Waals surface area (Å²) in [7, 11) is 0. The molecular formula is C18H13FN2O4S. The zero-order valence-electron chi connectivity index (χ0n) is 13.3. The number of halogens is 1. The molecule has 132 valence electrons. The number of carbonyl (C=O) groups excluding carboxylic acids is 1. The topological polar surface area (TPSA) is 85.4 Å². The van der Waals surface area contributed by atoms with Crippen LogP contribution in [-0.2, 0) is 6.54 Å². The van der Waals surface area contributed by atoms with E-state index in [1.807, 2.05) is 0 Å². The number of furan rings is 1. The van der Waals surface area contributed by atoms with Crippen molar-refractivity contribution in [1.29, 1.82) is 0 Å². The Hall–Kier alpha value is -3.13. The number of benzene rings is 2. The lowest BCUT2D eigenvalue weighted by atomic mass is 10.2. The highest BCUT2D eigenvalue weighted by Crippen LogP contribution is 2.35. The maximum atomic E-state index is 13.0. The van der Waals surface area contributed by atoms with Crippen molar-refractivity contribution in [3.8, 4) is 0 Å². The van der Waals surface area contributed by atoms with E-state index < -0.39 is 10.8 Å². The molecule has 0 atom stereocenters. The number of rotatable bonds is 6. The summed E-state index contributed by atoms with van der Waals surface area (Å²) < 4.78 is 18.1. The van der Waals surface area contributed by atoms with Crippen molar-refractivity contribution in [3.63, 3.8) is 0 Å². The largest absolute Gasteiger partial charge is 0.467 e. The van der Waals surface area contributed by atoms with Gasteiger partial charge in [0.15, 0.2) is 0 Å². The zero-order chi connectivity index (χ0) is 18.5. The minimum absolute atomic E-state index is 0.173. The Kier molecular flexibility index (Phi) is 5.33. The van der Waals surface area contributed by atoms with E-state index in [-0.39, 0.29) is 23.6 Å². The number of carbonyl (C=O) groups is 1. The Bertz CT molecular complexity index is 927. The molecule has 0 aliphatic heterocycles. The molecule has 0 saturated carbocycles. The summed E-state index contributed by atoms with van der Waals surface area (Å²) >= 11 is 1.13. The van der Waals surface area contributed by atoms with E-state index in [2.05, 4.69) is 5.32 Å². The molecule has 26 heavy (non-hydrogen) atoms. The lowest BCUT2D eigenvalue weighted by molar-refractivity contribution is -0.387. The van der Waals surface area contributed by atoms with Crippen LogP contribution in [0.2, 0.25) is 0 Å². The molecular weight excluding hydrogens is 359 g/mol. The van der Waals surface area contributed by atoms with E-state index in [0.29, 0.717) is 15.6 Å². The van der Waals surface area contributed by atoms with Crippen LogP contribution in [0.4, 0.5) is 10.1 Å². The van der Waals surface area contributed by atoms with Gasteiger partial charge in [-0.05, 0) is 48.5 Å². The number of nitro groups is 1. The van der Waals surface area contributed by atoms with Crippen molar-refractivity contribution in [1.82, 2.24) is 5.32 Å². The molecule has 3 aromatic rings. The molecule has 0 saturated heterocycles. The second-order valence-corrected chi connectivity index (χ2v) is 6.37. The summed E-state index contributed by atoms with van der Waals surface area (Å²) in [6, 6.07) is 13.3. The molecule has 1 heterocycles. The van der Waals surface area contributed by atoms with Crippen LogP contribution < -0.4 is 5.32 Å². The van der Waals surface area contributed by atoms with Crippen LogP contribution in [0.15, 0.2) is 75.1 Å². The third kappa shape index (κ3) is 4.28. The maximum absolute atomic E-state index is 13.0. The van der Waals surface area contributed by atoms with Gasteiger partial charge in [0.1, 0.15) is 11.6 Å². The van der Waals surface area contributed by atoms with Crippen LogP contribution in [-0.4, -0.2) is 10.8 Å². The van der Waals surface area contributed by atoms with Gasteiger partial charge in [0.05, 0.1) is 22.6 Å². The molecule has 0 bridgehead atoms. The smallest absolute Gasteiger partial charge is 0.284 e. The molecule has 0 aliphatic carbocycles. The van der Waals surface area contributed by atoms with Crippen molar-refractivity contribution in [2.45, 2.75) is 16.3 Å². The molecule has 6 nitrogen and oxygen atoms in total. The van der Waals surface area contributed by atoms with Gasteiger partial charge in [-0.3, -0.25) is 14.9 Å². The van der Waals surface area contributed by atoms with E-state index in [4.69, 9.17) is 4.42 Å². The molecule has 0 radical (unpaired) electrons. The number of hydrogen-bond donors (Lipinski definition) is 1. The Morgan fingerprint density at radius 1 is 1.19 bits per heavy atom. The van der Waals surface area contributed by atoms with Gasteiger partial charge >= 0.3 is 0 Å². The van der Waals surface area contributed by atoms with Crippen molar-refractivity contribution >= 4 is 23.4 Å². The fraction of sp³-hybridized carbons (Fsp3) is 0.0556. The minimum atomic E-state index is -0.546. The fourth-order valence-corrected chi connectivity index (χ4v) is 3.10. The third-order valence-electron chi connectivity index (χ3n) is 3.46. The van der Waals surface area contributed by atoms with Crippen molar-refractivity contribution in [3.05, 3.63) is 88.1 Å². The van der Waals surface area contributed by atoms with Gasteiger partial charge in [-0.15, -0.1) is 0 Å². The van der Waals surface area contributed by atoms with Crippen molar-refractivity contribution < 1.29 is 18.5 Å². The van der Waals surface area contributed by atoms with E-state index in [1.165, 1.54) is 48.7 Å². The first kappa shape index (κ1) is 17.7. The Morgan fingerprint density at radius 3 is 2.62 bits per heavy atom. The molecule has 3 rings (SSSR count). The van der Waals surface area contributed by atoms with Crippen LogP contribution in [0.5, 0.6) is 0 Å². The highest BCUT2D eigenvalue weighted by atomic mass is 32.2. The highest BCUT2D eigenvalue weighted by Gasteiger charge is 2.18. The van der Waals surface area contributed by atoms with E-state index in [9.17, 15) is 19.3 Å². The van der Waals surface area contributed by atoms with Crippen LogP contribution in [0.3, 0.4) is 0 Å².